The van der Waals surface area contributed by atoms with Crippen LogP contribution in [0.2, 0.25) is 0 Å². The number of nitrogens with one attached hydrogen (secondary N) is 1. The molecule has 2 N–H and O–H groups in total. The van der Waals surface area contributed by atoms with Gasteiger partial charge >= 0.3 is 5.97 Å². The number of carboxylic acids is 1. The highest BCUT2D eigenvalue weighted by atomic mass is 16.4. The van der Waals surface area contributed by atoms with Crippen LogP contribution in [0.25, 0.3) is 0 Å². The van der Waals surface area contributed by atoms with Crippen LogP contribution in [-0.4, -0.2) is 17.0 Å². The number of carboxylic acid groups (broad SMARTS) is 1. The van der Waals surface area contributed by atoms with Crippen molar-refractivity contribution in [3.8, 4) is 0 Å². The van der Waals surface area contributed by atoms with E-state index in [9.17, 15) is 9.59 Å². The Bertz CT molecular complexity index is 393. The molecule has 0 atom stereocenters. The number of carbonyl (C=O) groups excluding carboxylic acids is 1. The van der Waals surface area contributed by atoms with Crippen molar-refractivity contribution in [2.24, 2.45) is 0 Å². The monoisotopic (exact) mass is 205 g/mol. The number of allylic oxidation sites excluding steroid dienone is 1. The molecule has 0 unspecified atom stereocenters. The molecule has 0 aliphatic carbocycles. The quantitative estimate of drug-likeness (QED) is 0.740. The SMILES string of the molecule is CC=CC(=O)Nc1ccc(C(=O)O)cc1. The van der Waals surface area contributed by atoms with Gasteiger partial charge in [0.2, 0.25) is 5.91 Å². The van der Waals surface area contributed by atoms with Gasteiger partial charge in [-0.15, -0.1) is 0 Å². The summed E-state index contributed by atoms with van der Waals surface area (Å²) >= 11 is 0. The molecule has 0 saturated carbocycles. The van der Waals surface area contributed by atoms with Gasteiger partial charge in [-0.3, -0.25) is 4.79 Å². The second kappa shape index (κ2) is 4.95. The highest BCUT2D eigenvalue weighted by Gasteiger charge is 2.02. The zero-order valence-electron chi connectivity index (χ0n) is 8.23. The van der Waals surface area contributed by atoms with Gasteiger partial charge in [0.15, 0.2) is 0 Å². The van der Waals surface area contributed by atoms with Crippen LogP contribution < -0.4 is 5.32 Å². The fraction of sp³-hybridized carbons (Fsp3) is 0.0909. The summed E-state index contributed by atoms with van der Waals surface area (Å²) in [6.07, 6.45) is 3.02. The number of aromatic carboxylic acids is 1. The zero-order chi connectivity index (χ0) is 11.3. The first kappa shape index (κ1) is 11.0. The first-order valence-electron chi connectivity index (χ1n) is 4.40. The maximum atomic E-state index is 11.1. The smallest absolute Gasteiger partial charge is 0.335 e. The summed E-state index contributed by atoms with van der Waals surface area (Å²) in [5.74, 6) is -1.22. The summed E-state index contributed by atoms with van der Waals surface area (Å²) in [7, 11) is 0. The summed E-state index contributed by atoms with van der Waals surface area (Å²) < 4.78 is 0. The highest BCUT2D eigenvalue weighted by Crippen LogP contribution is 2.09. The molecule has 0 bridgehead atoms. The molecule has 0 aromatic heterocycles. The fourth-order valence-corrected chi connectivity index (χ4v) is 1.03. The van der Waals surface area contributed by atoms with Crippen molar-refractivity contribution in [1.29, 1.82) is 0 Å². The minimum atomic E-state index is -0.985. The van der Waals surface area contributed by atoms with E-state index in [1.54, 1.807) is 25.1 Å². The Kier molecular flexibility index (Phi) is 3.62. The van der Waals surface area contributed by atoms with E-state index in [4.69, 9.17) is 5.11 Å². The highest BCUT2D eigenvalue weighted by molar-refractivity contribution is 5.99. The van der Waals surface area contributed by atoms with Crippen LogP contribution in [0, 0.1) is 0 Å². The Morgan fingerprint density at radius 1 is 1.27 bits per heavy atom. The van der Waals surface area contributed by atoms with Gasteiger partial charge in [-0.2, -0.15) is 0 Å². The molecule has 78 valence electrons. The molecule has 0 aliphatic rings. The van der Waals surface area contributed by atoms with Crippen LogP contribution in [-0.2, 0) is 4.79 Å². The van der Waals surface area contributed by atoms with Crippen LogP contribution in [0.15, 0.2) is 36.4 Å². The van der Waals surface area contributed by atoms with E-state index in [-0.39, 0.29) is 11.5 Å². The van der Waals surface area contributed by atoms with Crippen molar-refractivity contribution < 1.29 is 14.7 Å². The predicted molar refractivity (Wildman–Crippen MR) is 56.8 cm³/mol. The van der Waals surface area contributed by atoms with Gasteiger partial charge in [0, 0.05) is 5.69 Å². The molecular weight excluding hydrogens is 194 g/mol. The molecule has 0 heterocycles. The van der Waals surface area contributed by atoms with E-state index in [2.05, 4.69) is 5.32 Å². The van der Waals surface area contributed by atoms with Gasteiger partial charge in [-0.1, -0.05) is 6.08 Å². The Hall–Kier alpha value is -2.10. The van der Waals surface area contributed by atoms with Gasteiger partial charge < -0.3 is 10.4 Å². The van der Waals surface area contributed by atoms with Gasteiger partial charge in [0.1, 0.15) is 0 Å². The second-order valence-electron chi connectivity index (χ2n) is 2.87. The van der Waals surface area contributed by atoms with Crippen LogP contribution in [0.4, 0.5) is 5.69 Å². The lowest BCUT2D eigenvalue weighted by Gasteiger charge is -2.01. The van der Waals surface area contributed by atoms with Crippen LogP contribution >= 0.6 is 0 Å². The van der Waals surface area contributed by atoms with E-state index in [1.165, 1.54) is 18.2 Å². The minimum Gasteiger partial charge on any atom is -0.478 e. The van der Waals surface area contributed by atoms with E-state index in [0.29, 0.717) is 5.69 Å². The van der Waals surface area contributed by atoms with E-state index < -0.39 is 5.97 Å². The van der Waals surface area contributed by atoms with E-state index in [0.717, 1.165) is 0 Å². The third kappa shape index (κ3) is 3.27. The van der Waals surface area contributed by atoms with Crippen LogP contribution in [0.1, 0.15) is 17.3 Å². The average Bonchev–Trinajstić information content (AvgIpc) is 2.18. The molecule has 1 rings (SSSR count). The van der Waals surface area contributed by atoms with Crippen molar-refractivity contribution in [2.45, 2.75) is 6.92 Å². The average molecular weight is 205 g/mol. The Balaban J connectivity index is 2.72. The fourth-order valence-electron chi connectivity index (χ4n) is 1.03. The van der Waals surface area contributed by atoms with Crippen molar-refractivity contribution in [2.75, 3.05) is 5.32 Å². The standard InChI is InChI=1S/C11H11NO3/c1-2-3-10(13)12-9-6-4-8(5-7-9)11(14)15/h2-7H,1H3,(H,12,13)(H,14,15). The molecule has 4 heteroatoms. The lowest BCUT2D eigenvalue weighted by Crippen LogP contribution is -2.07. The molecule has 0 fully saturated rings. The first-order chi connectivity index (χ1) is 7.13. The van der Waals surface area contributed by atoms with Gasteiger partial charge in [0.05, 0.1) is 5.56 Å². The maximum absolute atomic E-state index is 11.1. The molecule has 1 aromatic carbocycles. The molecule has 4 nitrogen and oxygen atoms in total. The first-order valence-corrected chi connectivity index (χ1v) is 4.40. The van der Waals surface area contributed by atoms with Crippen molar-refractivity contribution >= 4 is 17.6 Å². The number of anilines is 1. The number of carbonyl (C=O) groups is 2. The molecule has 0 saturated heterocycles. The summed E-state index contributed by atoms with van der Waals surface area (Å²) in [5.41, 5.74) is 0.766. The van der Waals surface area contributed by atoms with Gasteiger partial charge in [-0.05, 0) is 37.3 Å². The predicted octanol–water partition coefficient (Wildman–Crippen LogP) is 1.90. The summed E-state index contributed by atoms with van der Waals surface area (Å²) in [4.78, 5) is 21.7. The molecule has 15 heavy (non-hydrogen) atoms. The van der Waals surface area contributed by atoms with Crippen LogP contribution in [0.3, 0.4) is 0 Å². The second-order valence-corrected chi connectivity index (χ2v) is 2.87. The van der Waals surface area contributed by atoms with Gasteiger partial charge in [0.25, 0.3) is 0 Å². The lowest BCUT2D eigenvalue weighted by molar-refractivity contribution is -0.111. The normalized spacial score (nSPS) is 10.2. The van der Waals surface area contributed by atoms with E-state index >= 15 is 0 Å². The summed E-state index contributed by atoms with van der Waals surface area (Å²) in [5, 5.41) is 11.2. The molecule has 1 amide bonds. The minimum absolute atomic E-state index is 0.194. The number of amides is 1. The molecule has 0 aliphatic heterocycles. The molecule has 0 spiro atoms. The number of benzene rings is 1. The third-order valence-electron chi connectivity index (χ3n) is 1.72. The molecule has 0 radical (unpaired) electrons. The number of hydrogen-bond donors (Lipinski definition) is 2. The van der Waals surface area contributed by atoms with E-state index in [1.807, 2.05) is 0 Å². The molecule has 1 aromatic rings. The zero-order valence-corrected chi connectivity index (χ0v) is 8.23. The Labute approximate surface area is 87.2 Å². The summed E-state index contributed by atoms with van der Waals surface area (Å²) in [6.45, 7) is 1.74. The topological polar surface area (TPSA) is 66.4 Å². The van der Waals surface area contributed by atoms with Crippen molar-refractivity contribution in [3.05, 3.63) is 42.0 Å². The number of hydrogen-bond acceptors (Lipinski definition) is 2. The van der Waals surface area contributed by atoms with Crippen LogP contribution in [0.5, 0.6) is 0 Å². The largest absolute Gasteiger partial charge is 0.478 e. The van der Waals surface area contributed by atoms with Gasteiger partial charge in [-0.25, -0.2) is 4.79 Å². The Morgan fingerprint density at radius 3 is 2.33 bits per heavy atom. The lowest BCUT2D eigenvalue weighted by atomic mass is 10.2. The van der Waals surface area contributed by atoms with Crippen molar-refractivity contribution in [1.82, 2.24) is 0 Å². The third-order valence-corrected chi connectivity index (χ3v) is 1.72. The summed E-state index contributed by atoms with van der Waals surface area (Å²) in [6, 6.07) is 5.97. The van der Waals surface area contributed by atoms with Crippen molar-refractivity contribution in [3.63, 3.8) is 0 Å². The number of rotatable bonds is 3. The Morgan fingerprint density at radius 2 is 1.87 bits per heavy atom. The maximum Gasteiger partial charge on any atom is 0.335 e. The molecular formula is C11H11NO3.